The number of aromatic nitrogens is 1. The van der Waals surface area contributed by atoms with Crippen LogP contribution in [0.4, 0.5) is 5.69 Å². The summed E-state index contributed by atoms with van der Waals surface area (Å²) in [5, 5.41) is 5.63. The second-order valence-electron chi connectivity index (χ2n) is 7.35. The maximum Gasteiger partial charge on any atom is 0.254 e. The minimum Gasteiger partial charge on any atom is -0.340 e. The van der Waals surface area contributed by atoms with Crippen LogP contribution in [-0.4, -0.2) is 34.3 Å². The molecule has 2 aromatic rings. The molecule has 1 aliphatic heterocycles. The molecule has 1 unspecified atom stereocenters. The van der Waals surface area contributed by atoms with Crippen molar-refractivity contribution >= 4 is 34.3 Å². The maximum absolute atomic E-state index is 12.7. The van der Waals surface area contributed by atoms with Gasteiger partial charge in [0.25, 0.3) is 5.91 Å². The number of carbonyl (C=O) groups is 3. The Labute approximate surface area is 156 Å². The van der Waals surface area contributed by atoms with Crippen molar-refractivity contribution in [1.82, 2.24) is 15.6 Å². The van der Waals surface area contributed by atoms with Crippen molar-refractivity contribution in [2.75, 3.05) is 5.48 Å². The lowest BCUT2D eigenvalue weighted by atomic mass is 10.0. The van der Waals surface area contributed by atoms with Crippen molar-refractivity contribution in [2.24, 2.45) is 0 Å². The molecule has 0 spiro atoms. The smallest absolute Gasteiger partial charge is 0.254 e. The van der Waals surface area contributed by atoms with E-state index in [1.54, 1.807) is 24.4 Å². The average Bonchev–Trinajstić information content (AvgIpc) is 2.61. The van der Waals surface area contributed by atoms with Gasteiger partial charge in [-0.3, -0.25) is 35.0 Å². The monoisotopic (exact) mass is 370 g/mol. The van der Waals surface area contributed by atoms with E-state index >= 15 is 0 Å². The van der Waals surface area contributed by atoms with Crippen LogP contribution in [0.3, 0.4) is 0 Å². The highest BCUT2D eigenvalue weighted by Gasteiger charge is 2.28. The average molecular weight is 370 g/mol. The highest BCUT2D eigenvalue weighted by Crippen LogP contribution is 2.26. The van der Waals surface area contributed by atoms with Gasteiger partial charge in [-0.1, -0.05) is 0 Å². The summed E-state index contributed by atoms with van der Waals surface area (Å²) >= 11 is 0. The first-order valence-corrected chi connectivity index (χ1v) is 8.71. The molecule has 3 N–H and O–H groups in total. The van der Waals surface area contributed by atoms with E-state index in [4.69, 9.17) is 4.84 Å². The summed E-state index contributed by atoms with van der Waals surface area (Å²) in [4.78, 5) is 45.8. The molecule has 1 aromatic heterocycles. The molecular weight excluding hydrogens is 348 g/mol. The molecule has 1 saturated heterocycles. The largest absolute Gasteiger partial charge is 0.340 e. The minimum absolute atomic E-state index is 0.197. The van der Waals surface area contributed by atoms with Crippen LogP contribution in [0.2, 0.25) is 0 Å². The SMILES string of the molecule is CC(C)(C)ONc1ccc(C(=O)NC2CCC(=O)NC2=O)c2ncccc12. The van der Waals surface area contributed by atoms with Crippen molar-refractivity contribution in [1.29, 1.82) is 0 Å². The number of imide groups is 1. The lowest BCUT2D eigenvalue weighted by Crippen LogP contribution is -2.52. The van der Waals surface area contributed by atoms with Crippen LogP contribution in [0, 0.1) is 0 Å². The van der Waals surface area contributed by atoms with E-state index < -0.39 is 23.5 Å². The summed E-state index contributed by atoms with van der Waals surface area (Å²) in [5.41, 5.74) is 4.04. The summed E-state index contributed by atoms with van der Waals surface area (Å²) < 4.78 is 0. The molecule has 2 heterocycles. The molecule has 8 heteroatoms. The van der Waals surface area contributed by atoms with E-state index in [0.29, 0.717) is 16.8 Å². The quantitative estimate of drug-likeness (QED) is 0.560. The molecule has 0 saturated carbocycles. The molecule has 3 rings (SSSR count). The lowest BCUT2D eigenvalue weighted by molar-refractivity contribution is -0.134. The Bertz CT molecular complexity index is 904. The molecule has 0 bridgehead atoms. The van der Waals surface area contributed by atoms with E-state index in [1.165, 1.54) is 0 Å². The standard InChI is InChI=1S/C19H22N4O4/c1-19(2,3)27-23-13-7-6-12(16-11(13)5-4-10-20-16)17(25)21-14-8-9-15(24)22-18(14)26/h4-7,10,14,23H,8-9H2,1-3H3,(H,21,25)(H,22,24,26). The van der Waals surface area contributed by atoms with Gasteiger partial charge in [0.2, 0.25) is 11.8 Å². The number of amides is 3. The summed E-state index contributed by atoms with van der Waals surface area (Å²) in [6.45, 7) is 5.76. The first-order valence-electron chi connectivity index (χ1n) is 8.71. The molecule has 0 aliphatic carbocycles. The minimum atomic E-state index is -0.740. The fraction of sp³-hybridized carbons (Fsp3) is 0.368. The van der Waals surface area contributed by atoms with Crippen molar-refractivity contribution < 1.29 is 19.2 Å². The Kier molecular flexibility index (Phi) is 5.09. The van der Waals surface area contributed by atoms with E-state index in [2.05, 4.69) is 21.1 Å². The fourth-order valence-electron chi connectivity index (χ4n) is 2.72. The number of hydrogen-bond acceptors (Lipinski definition) is 6. The van der Waals surface area contributed by atoms with Gasteiger partial charge in [-0.15, -0.1) is 0 Å². The van der Waals surface area contributed by atoms with Crippen LogP contribution >= 0.6 is 0 Å². The second kappa shape index (κ2) is 7.32. The summed E-state index contributed by atoms with van der Waals surface area (Å²) in [5.74, 6) is -1.24. The predicted molar refractivity (Wildman–Crippen MR) is 99.8 cm³/mol. The highest BCUT2D eigenvalue weighted by molar-refractivity contribution is 6.10. The number of rotatable bonds is 4. The molecule has 1 fully saturated rings. The van der Waals surface area contributed by atoms with Gasteiger partial charge in [-0.2, -0.15) is 0 Å². The summed E-state index contributed by atoms with van der Waals surface area (Å²) in [7, 11) is 0. The number of fused-ring (bicyclic) bond motifs is 1. The molecule has 1 aliphatic rings. The lowest BCUT2D eigenvalue weighted by Gasteiger charge is -2.23. The number of nitrogens with one attached hydrogen (secondary N) is 3. The third kappa shape index (κ3) is 4.40. The van der Waals surface area contributed by atoms with Gasteiger partial charge in [-0.05, 0) is 51.5 Å². The Morgan fingerprint density at radius 3 is 2.74 bits per heavy atom. The number of anilines is 1. The van der Waals surface area contributed by atoms with Gasteiger partial charge in [0.15, 0.2) is 0 Å². The Balaban J connectivity index is 1.85. The van der Waals surface area contributed by atoms with Gasteiger partial charge < -0.3 is 5.32 Å². The summed E-state index contributed by atoms with van der Waals surface area (Å²) in [6, 6.07) is 6.22. The molecule has 1 atom stereocenters. The van der Waals surface area contributed by atoms with Crippen molar-refractivity contribution in [3.63, 3.8) is 0 Å². The van der Waals surface area contributed by atoms with Crippen molar-refractivity contribution in [3.05, 3.63) is 36.0 Å². The number of hydrogen-bond donors (Lipinski definition) is 3. The van der Waals surface area contributed by atoms with Gasteiger partial charge >= 0.3 is 0 Å². The number of nitrogens with zero attached hydrogens (tertiary/aromatic N) is 1. The van der Waals surface area contributed by atoms with Crippen LogP contribution in [0.1, 0.15) is 44.0 Å². The van der Waals surface area contributed by atoms with Crippen LogP contribution in [0.25, 0.3) is 10.9 Å². The van der Waals surface area contributed by atoms with Gasteiger partial charge in [0.1, 0.15) is 6.04 Å². The molecule has 27 heavy (non-hydrogen) atoms. The fourth-order valence-corrected chi connectivity index (χ4v) is 2.72. The predicted octanol–water partition coefficient (Wildman–Crippen LogP) is 1.91. The maximum atomic E-state index is 12.7. The van der Waals surface area contributed by atoms with Crippen LogP contribution in [0.15, 0.2) is 30.5 Å². The number of piperidine rings is 1. The van der Waals surface area contributed by atoms with Crippen molar-refractivity contribution in [2.45, 2.75) is 45.3 Å². The Hall–Kier alpha value is -3.00. The normalized spacial score (nSPS) is 17.5. The third-order valence-corrected chi connectivity index (χ3v) is 4.03. The molecular formula is C19H22N4O4. The Morgan fingerprint density at radius 2 is 2.04 bits per heavy atom. The van der Waals surface area contributed by atoms with Crippen LogP contribution < -0.4 is 16.1 Å². The molecule has 8 nitrogen and oxygen atoms in total. The first kappa shape index (κ1) is 18.8. The highest BCUT2D eigenvalue weighted by atomic mass is 16.7. The first-order chi connectivity index (χ1) is 12.7. The zero-order valence-electron chi connectivity index (χ0n) is 15.5. The molecule has 142 valence electrons. The van der Waals surface area contributed by atoms with Crippen molar-refractivity contribution in [3.8, 4) is 0 Å². The van der Waals surface area contributed by atoms with Crippen LogP contribution in [-0.2, 0) is 14.4 Å². The molecule has 0 radical (unpaired) electrons. The number of pyridine rings is 1. The van der Waals surface area contributed by atoms with E-state index in [1.807, 2.05) is 26.8 Å². The van der Waals surface area contributed by atoms with Crippen LogP contribution in [0.5, 0.6) is 0 Å². The summed E-state index contributed by atoms with van der Waals surface area (Å²) in [6.07, 6.45) is 2.07. The van der Waals surface area contributed by atoms with Gasteiger partial charge in [0.05, 0.1) is 22.4 Å². The third-order valence-electron chi connectivity index (χ3n) is 4.03. The zero-order valence-corrected chi connectivity index (χ0v) is 15.5. The number of benzene rings is 1. The van der Waals surface area contributed by atoms with Gasteiger partial charge in [0, 0.05) is 18.0 Å². The van der Waals surface area contributed by atoms with Gasteiger partial charge in [-0.25, -0.2) is 0 Å². The number of carbonyl (C=O) groups excluding carboxylic acids is 3. The molecule has 1 aromatic carbocycles. The molecule has 3 amide bonds. The van der Waals surface area contributed by atoms with E-state index in [-0.39, 0.29) is 18.7 Å². The van der Waals surface area contributed by atoms with E-state index in [9.17, 15) is 14.4 Å². The zero-order chi connectivity index (χ0) is 19.6. The topological polar surface area (TPSA) is 109 Å². The second-order valence-corrected chi connectivity index (χ2v) is 7.35. The Morgan fingerprint density at radius 1 is 1.26 bits per heavy atom. The van der Waals surface area contributed by atoms with E-state index in [0.717, 1.165) is 5.39 Å².